The van der Waals surface area contributed by atoms with E-state index in [0.29, 0.717) is 0 Å². The predicted molar refractivity (Wildman–Crippen MR) is 72.3 cm³/mol. The minimum atomic E-state index is -2.72. The second kappa shape index (κ2) is 6.78. The number of rotatable bonds is 6. The summed E-state index contributed by atoms with van der Waals surface area (Å²) >= 11 is 1.39. The Bertz CT molecular complexity index is 409. The van der Waals surface area contributed by atoms with Gasteiger partial charge in [0.15, 0.2) is 0 Å². The van der Waals surface area contributed by atoms with E-state index in [1.807, 2.05) is 0 Å². The van der Waals surface area contributed by atoms with Crippen LogP contribution >= 0.6 is 11.8 Å². The van der Waals surface area contributed by atoms with Crippen molar-refractivity contribution in [3.8, 4) is 0 Å². The van der Waals surface area contributed by atoms with E-state index in [1.54, 1.807) is 0 Å². The van der Waals surface area contributed by atoms with Crippen molar-refractivity contribution >= 4 is 23.8 Å². The molecule has 0 aromatic carbocycles. The average Bonchev–Trinajstić information content (AvgIpc) is 3.15. The lowest BCUT2D eigenvalue weighted by molar-refractivity contribution is -0.141. The first-order chi connectivity index (χ1) is 9.95. The van der Waals surface area contributed by atoms with Crippen LogP contribution in [0.1, 0.15) is 12.8 Å². The zero-order valence-electron chi connectivity index (χ0n) is 11.3. The first-order valence-corrected chi connectivity index (χ1v) is 7.81. The molecule has 0 spiro atoms. The quantitative estimate of drug-likeness (QED) is 0.759. The van der Waals surface area contributed by atoms with E-state index >= 15 is 0 Å². The number of carbonyl (C=O) groups is 2. The van der Waals surface area contributed by atoms with Gasteiger partial charge < -0.3 is 15.1 Å². The number of carbonyl (C=O) groups excluding carboxylic acids is 1. The second-order valence-corrected chi connectivity index (χ2v) is 6.32. The SMILES string of the molecule is O=C(O)C1CSC(C2CC2)N1C(=O)N(CCO)CC(F)F. The Balaban J connectivity index is 2.15. The van der Waals surface area contributed by atoms with Crippen LogP contribution in [0.3, 0.4) is 0 Å². The third-order valence-corrected chi connectivity index (χ3v) is 5.03. The minimum Gasteiger partial charge on any atom is -0.480 e. The molecule has 9 heteroatoms. The van der Waals surface area contributed by atoms with E-state index in [2.05, 4.69) is 0 Å². The number of aliphatic carboxylic acids is 1. The zero-order valence-corrected chi connectivity index (χ0v) is 12.1. The second-order valence-electron chi connectivity index (χ2n) is 5.17. The van der Waals surface area contributed by atoms with Crippen molar-refractivity contribution in [3.05, 3.63) is 0 Å². The van der Waals surface area contributed by atoms with Gasteiger partial charge in [0.05, 0.1) is 18.5 Å². The zero-order chi connectivity index (χ0) is 15.6. The van der Waals surface area contributed by atoms with Crippen molar-refractivity contribution in [1.82, 2.24) is 9.80 Å². The maximum Gasteiger partial charge on any atom is 0.327 e. The van der Waals surface area contributed by atoms with Crippen molar-refractivity contribution in [2.75, 3.05) is 25.4 Å². The van der Waals surface area contributed by atoms with Gasteiger partial charge in [-0.25, -0.2) is 18.4 Å². The molecule has 1 aliphatic heterocycles. The van der Waals surface area contributed by atoms with Gasteiger partial charge in [-0.15, -0.1) is 11.8 Å². The number of hydrogen-bond donors (Lipinski definition) is 2. The molecule has 2 fully saturated rings. The van der Waals surface area contributed by atoms with Crippen molar-refractivity contribution in [2.45, 2.75) is 30.7 Å². The molecular weight excluding hydrogens is 306 g/mol. The molecule has 0 radical (unpaired) electrons. The molecule has 1 saturated carbocycles. The number of urea groups is 1. The summed E-state index contributed by atoms with van der Waals surface area (Å²) in [6, 6.07) is -1.72. The first-order valence-electron chi connectivity index (χ1n) is 6.76. The number of alkyl halides is 2. The highest BCUT2D eigenvalue weighted by Gasteiger charge is 2.49. The minimum absolute atomic E-state index is 0.228. The monoisotopic (exact) mass is 324 g/mol. The summed E-state index contributed by atoms with van der Waals surface area (Å²) in [4.78, 5) is 25.8. The van der Waals surface area contributed by atoms with Crippen LogP contribution in [0, 0.1) is 5.92 Å². The summed E-state index contributed by atoms with van der Waals surface area (Å²) in [5.74, 6) is -0.616. The van der Waals surface area contributed by atoms with E-state index in [-0.39, 0.29) is 23.6 Å². The molecular formula is C12H18F2N2O4S. The van der Waals surface area contributed by atoms with Crippen LogP contribution in [-0.2, 0) is 4.79 Å². The Morgan fingerprint density at radius 3 is 2.52 bits per heavy atom. The van der Waals surface area contributed by atoms with E-state index in [0.717, 1.165) is 17.7 Å². The molecule has 2 unspecified atom stereocenters. The van der Waals surface area contributed by atoms with Gasteiger partial charge in [0.1, 0.15) is 6.04 Å². The fraction of sp³-hybridized carbons (Fsp3) is 0.833. The van der Waals surface area contributed by atoms with E-state index in [1.165, 1.54) is 16.7 Å². The maximum atomic E-state index is 12.6. The highest BCUT2D eigenvalue weighted by Crippen LogP contribution is 2.45. The van der Waals surface area contributed by atoms with Crippen LogP contribution < -0.4 is 0 Å². The predicted octanol–water partition coefficient (Wildman–Crippen LogP) is 0.904. The van der Waals surface area contributed by atoms with Crippen molar-refractivity contribution in [3.63, 3.8) is 0 Å². The highest BCUT2D eigenvalue weighted by molar-refractivity contribution is 8.00. The van der Waals surface area contributed by atoms with Crippen LogP contribution in [0.2, 0.25) is 0 Å². The molecule has 2 atom stereocenters. The first kappa shape index (κ1) is 16.3. The number of nitrogens with zero attached hydrogens (tertiary/aromatic N) is 2. The normalized spacial score (nSPS) is 25.4. The highest BCUT2D eigenvalue weighted by atomic mass is 32.2. The number of aliphatic hydroxyl groups is 1. The van der Waals surface area contributed by atoms with Crippen LogP contribution in [0.4, 0.5) is 13.6 Å². The van der Waals surface area contributed by atoms with Crippen LogP contribution in [0.15, 0.2) is 0 Å². The number of carboxylic acids is 1. The fourth-order valence-corrected chi connectivity index (χ4v) is 4.05. The largest absolute Gasteiger partial charge is 0.480 e. The number of halogens is 2. The summed E-state index contributed by atoms with van der Waals surface area (Å²) in [5, 5.41) is 17.9. The van der Waals surface area contributed by atoms with Gasteiger partial charge in [0.2, 0.25) is 0 Å². The number of amides is 2. The molecule has 21 heavy (non-hydrogen) atoms. The van der Waals surface area contributed by atoms with Crippen molar-refractivity contribution in [2.24, 2.45) is 5.92 Å². The van der Waals surface area contributed by atoms with Crippen LogP contribution in [-0.4, -0.2) is 75.3 Å². The Kier molecular flexibility index (Phi) is 5.26. The molecule has 6 nitrogen and oxygen atoms in total. The molecule has 2 rings (SSSR count). The molecule has 1 heterocycles. The van der Waals surface area contributed by atoms with Crippen molar-refractivity contribution < 1.29 is 28.6 Å². The molecule has 1 aliphatic carbocycles. The molecule has 0 aromatic heterocycles. The van der Waals surface area contributed by atoms with Gasteiger partial charge in [0.25, 0.3) is 6.43 Å². The standard InChI is InChI=1S/C12H18F2N2O4S/c13-9(14)5-15(3-4-17)12(20)16-8(11(18)19)6-21-10(16)7-1-2-7/h7-10,17H,1-6H2,(H,18,19). The Labute approximate surface area is 125 Å². The van der Waals surface area contributed by atoms with Gasteiger partial charge >= 0.3 is 12.0 Å². The van der Waals surface area contributed by atoms with Gasteiger partial charge in [-0.3, -0.25) is 4.90 Å². The fourth-order valence-electron chi connectivity index (χ4n) is 2.42. The summed E-state index contributed by atoms with van der Waals surface area (Å²) < 4.78 is 25.1. The average molecular weight is 324 g/mol. The number of hydrogen-bond acceptors (Lipinski definition) is 4. The summed E-state index contributed by atoms with van der Waals surface area (Å²) in [6.07, 6.45) is -0.885. The third-order valence-electron chi connectivity index (χ3n) is 3.56. The van der Waals surface area contributed by atoms with Gasteiger partial charge in [0, 0.05) is 12.3 Å². The lowest BCUT2D eigenvalue weighted by Gasteiger charge is -2.33. The van der Waals surface area contributed by atoms with E-state index in [4.69, 9.17) is 5.11 Å². The lowest BCUT2D eigenvalue weighted by Crippen LogP contribution is -2.53. The summed E-state index contributed by atoms with van der Waals surface area (Å²) in [6.45, 7) is -1.47. The van der Waals surface area contributed by atoms with Crippen LogP contribution in [0.5, 0.6) is 0 Å². The lowest BCUT2D eigenvalue weighted by atomic mass is 10.2. The maximum absolute atomic E-state index is 12.6. The molecule has 2 aliphatic rings. The summed E-state index contributed by atoms with van der Waals surface area (Å²) in [5.41, 5.74) is 0. The van der Waals surface area contributed by atoms with Gasteiger partial charge in [-0.2, -0.15) is 0 Å². The van der Waals surface area contributed by atoms with E-state index < -0.39 is 37.6 Å². The molecule has 2 amide bonds. The number of aliphatic hydroxyl groups excluding tert-OH is 1. The van der Waals surface area contributed by atoms with Gasteiger partial charge in [-0.1, -0.05) is 0 Å². The van der Waals surface area contributed by atoms with Crippen molar-refractivity contribution in [1.29, 1.82) is 0 Å². The molecule has 120 valence electrons. The Morgan fingerprint density at radius 1 is 1.38 bits per heavy atom. The molecule has 0 aromatic rings. The van der Waals surface area contributed by atoms with Gasteiger partial charge in [-0.05, 0) is 18.8 Å². The smallest absolute Gasteiger partial charge is 0.327 e. The van der Waals surface area contributed by atoms with Crippen LogP contribution in [0.25, 0.3) is 0 Å². The topological polar surface area (TPSA) is 81.1 Å². The molecule has 2 N–H and O–H groups in total. The van der Waals surface area contributed by atoms with E-state index in [9.17, 15) is 23.5 Å². The number of carboxylic acid groups (broad SMARTS) is 1. The summed E-state index contributed by atoms with van der Waals surface area (Å²) in [7, 11) is 0. The molecule has 1 saturated heterocycles. The Morgan fingerprint density at radius 2 is 2.05 bits per heavy atom. The number of thioether (sulfide) groups is 1. The molecule has 0 bridgehead atoms. The third kappa shape index (κ3) is 3.76. The Hall–Kier alpha value is -1.09.